The molecule has 0 unspecified atom stereocenters. The van der Waals surface area contributed by atoms with Crippen molar-refractivity contribution in [1.29, 1.82) is 0 Å². The number of rotatable bonds is 0. The molecule has 2 aromatic rings. The third-order valence-corrected chi connectivity index (χ3v) is 1.57. The zero-order valence-electron chi connectivity index (χ0n) is 12.2. The molecule has 2 nitrogen and oxygen atoms in total. The maximum Gasteiger partial charge on any atom is 0.0890 e. The molecule has 2 heteroatoms. The van der Waals surface area contributed by atoms with Crippen LogP contribution in [0, 0.1) is 13.7 Å². The maximum atomic E-state index is 7.35. The molecule has 1 aromatic heterocycles. The standard InChI is InChI=1S/C10H10N2/c1-7-8(2)12-10-6-4-3-5-9(10)11-7/h3-6H,1-2H3/i1D3,2D3. The van der Waals surface area contributed by atoms with Crippen LogP contribution in [0.15, 0.2) is 24.3 Å². The molecule has 0 bridgehead atoms. The number of hydrogen-bond donors (Lipinski definition) is 0. The van der Waals surface area contributed by atoms with Gasteiger partial charge in [-0.3, -0.25) is 0 Å². The molecule has 1 aromatic carbocycles. The zero-order chi connectivity index (χ0) is 13.6. The van der Waals surface area contributed by atoms with Gasteiger partial charge in [0.05, 0.1) is 22.4 Å². The molecule has 1 heterocycles. The molecule has 2 rings (SSSR count). The van der Waals surface area contributed by atoms with Gasteiger partial charge in [0, 0.05) is 8.22 Å². The Kier molecular flexibility index (Phi) is 0.666. The zero-order valence-corrected chi connectivity index (χ0v) is 6.20. The highest BCUT2D eigenvalue weighted by molar-refractivity contribution is 5.74. The SMILES string of the molecule is [2H]C([2H])([2H])c1nc2ccccc2nc1C([2H])([2H])[2H]. The van der Waals surface area contributed by atoms with Crippen molar-refractivity contribution in [2.75, 3.05) is 0 Å². The first-order valence-electron chi connectivity index (χ1n) is 6.47. The lowest BCUT2D eigenvalue weighted by Crippen LogP contribution is -1.92. The fourth-order valence-electron chi connectivity index (χ4n) is 1.00. The summed E-state index contributed by atoms with van der Waals surface area (Å²) in [5.41, 5.74) is -0.171. The highest BCUT2D eigenvalue weighted by atomic mass is 14.8. The lowest BCUT2D eigenvalue weighted by molar-refractivity contribution is 1.10. The number of hydrogen-bond acceptors (Lipinski definition) is 2. The molecule has 0 atom stereocenters. The second kappa shape index (κ2) is 2.55. The molecule has 60 valence electrons. The van der Waals surface area contributed by atoms with Crippen molar-refractivity contribution in [2.45, 2.75) is 13.7 Å². The molecule has 0 spiro atoms. The van der Waals surface area contributed by atoms with Crippen LogP contribution in [-0.4, -0.2) is 9.97 Å². The molecule has 0 saturated heterocycles. The van der Waals surface area contributed by atoms with Crippen LogP contribution in [0.1, 0.15) is 19.6 Å². The topological polar surface area (TPSA) is 25.8 Å². The van der Waals surface area contributed by atoms with Crippen molar-refractivity contribution in [3.05, 3.63) is 35.7 Å². The Morgan fingerprint density at radius 3 is 1.92 bits per heavy atom. The normalized spacial score (nSPS) is 20.0. The van der Waals surface area contributed by atoms with Crippen LogP contribution < -0.4 is 0 Å². The lowest BCUT2D eigenvalue weighted by Gasteiger charge is -2.00. The van der Waals surface area contributed by atoms with Crippen molar-refractivity contribution in [3.63, 3.8) is 0 Å². The van der Waals surface area contributed by atoms with Gasteiger partial charge >= 0.3 is 0 Å². The van der Waals surface area contributed by atoms with Gasteiger partial charge in [-0.15, -0.1) is 0 Å². The van der Waals surface area contributed by atoms with E-state index in [1.165, 1.54) is 0 Å². The number of fused-ring (bicyclic) bond motifs is 1. The van der Waals surface area contributed by atoms with E-state index in [1.54, 1.807) is 24.3 Å². The van der Waals surface area contributed by atoms with Crippen LogP contribution >= 0.6 is 0 Å². The Bertz CT molecular complexity index is 534. The summed E-state index contributed by atoms with van der Waals surface area (Å²) in [5, 5.41) is 0. The van der Waals surface area contributed by atoms with E-state index < -0.39 is 25.1 Å². The van der Waals surface area contributed by atoms with Crippen molar-refractivity contribution in [3.8, 4) is 0 Å². The number of nitrogens with zero attached hydrogens (tertiary/aromatic N) is 2. The number of aryl methyl sites for hydroxylation is 2. The summed E-state index contributed by atoms with van der Waals surface area (Å²) >= 11 is 0. The highest BCUT2D eigenvalue weighted by Crippen LogP contribution is 2.10. The number of aromatic nitrogens is 2. The van der Waals surface area contributed by atoms with E-state index in [9.17, 15) is 0 Å². The molecule has 0 radical (unpaired) electrons. The smallest absolute Gasteiger partial charge is 0.0890 e. The van der Waals surface area contributed by atoms with Gasteiger partial charge in [-0.1, -0.05) is 12.1 Å². The summed E-state index contributed by atoms with van der Waals surface area (Å²) in [6, 6.07) is 6.58. The van der Waals surface area contributed by atoms with Crippen LogP contribution in [-0.2, 0) is 0 Å². The van der Waals surface area contributed by atoms with Crippen LogP contribution in [0.5, 0.6) is 0 Å². The Morgan fingerprint density at radius 1 is 1.00 bits per heavy atom. The second-order valence-corrected chi connectivity index (χ2v) is 2.41. The minimum atomic E-state index is -2.60. The first kappa shape index (κ1) is 3.13. The van der Waals surface area contributed by atoms with E-state index in [1.807, 2.05) is 0 Å². The maximum absolute atomic E-state index is 7.35. The molecule has 0 fully saturated rings. The molecule has 12 heavy (non-hydrogen) atoms. The molecule has 0 N–H and O–H groups in total. The Morgan fingerprint density at radius 2 is 1.50 bits per heavy atom. The first-order valence-corrected chi connectivity index (χ1v) is 3.47. The minimum absolute atomic E-state index is 0.372. The Hall–Kier alpha value is -1.44. The van der Waals surface area contributed by atoms with Crippen LogP contribution in [0.2, 0.25) is 0 Å². The first-order chi connectivity index (χ1) is 8.19. The molecule has 0 saturated carbocycles. The van der Waals surface area contributed by atoms with E-state index in [4.69, 9.17) is 8.22 Å². The fourth-order valence-corrected chi connectivity index (χ4v) is 1.00. The fraction of sp³-hybridized carbons (Fsp3) is 0.200. The summed E-state index contributed by atoms with van der Waals surface area (Å²) in [4.78, 5) is 7.86. The van der Waals surface area contributed by atoms with Crippen molar-refractivity contribution < 1.29 is 8.22 Å². The molecule has 0 aliphatic heterocycles. The summed E-state index contributed by atoms with van der Waals surface area (Å²) in [5.74, 6) is 0. The van der Waals surface area contributed by atoms with E-state index >= 15 is 0 Å². The van der Waals surface area contributed by atoms with Crippen molar-refractivity contribution in [2.24, 2.45) is 0 Å². The van der Waals surface area contributed by atoms with E-state index in [0.29, 0.717) is 11.0 Å². The molecular formula is C10H10N2. The molecule has 0 aliphatic carbocycles. The lowest BCUT2D eigenvalue weighted by atomic mass is 10.2. The Balaban J connectivity index is 2.81. The minimum Gasteiger partial charge on any atom is -0.250 e. The molecule has 0 amide bonds. The van der Waals surface area contributed by atoms with Crippen LogP contribution in [0.25, 0.3) is 11.0 Å². The molecular weight excluding hydrogens is 148 g/mol. The largest absolute Gasteiger partial charge is 0.250 e. The highest BCUT2D eigenvalue weighted by Gasteiger charge is 1.98. The van der Waals surface area contributed by atoms with Crippen molar-refractivity contribution in [1.82, 2.24) is 9.97 Å². The number of benzene rings is 1. The van der Waals surface area contributed by atoms with Crippen molar-refractivity contribution >= 4 is 11.0 Å². The van der Waals surface area contributed by atoms with Gasteiger partial charge in [0.25, 0.3) is 0 Å². The van der Waals surface area contributed by atoms with E-state index in [0.717, 1.165) is 0 Å². The van der Waals surface area contributed by atoms with Gasteiger partial charge < -0.3 is 0 Å². The van der Waals surface area contributed by atoms with E-state index in [2.05, 4.69) is 9.97 Å². The summed E-state index contributed by atoms with van der Waals surface area (Å²) in [7, 11) is 0. The summed E-state index contributed by atoms with van der Waals surface area (Å²) < 4.78 is 44.1. The van der Waals surface area contributed by atoms with Gasteiger partial charge in [0.15, 0.2) is 0 Å². The third-order valence-electron chi connectivity index (χ3n) is 1.57. The predicted molar refractivity (Wildman–Crippen MR) is 49.0 cm³/mol. The second-order valence-electron chi connectivity index (χ2n) is 2.41. The van der Waals surface area contributed by atoms with Gasteiger partial charge in [0.1, 0.15) is 0 Å². The summed E-state index contributed by atoms with van der Waals surface area (Å²) in [6.07, 6.45) is 0. The van der Waals surface area contributed by atoms with Crippen LogP contribution in [0.3, 0.4) is 0 Å². The quantitative estimate of drug-likeness (QED) is 0.596. The van der Waals surface area contributed by atoms with Gasteiger partial charge in [-0.2, -0.15) is 0 Å². The van der Waals surface area contributed by atoms with E-state index in [-0.39, 0.29) is 0 Å². The number of para-hydroxylation sites is 2. The monoisotopic (exact) mass is 164 g/mol. The van der Waals surface area contributed by atoms with Crippen LogP contribution in [0.4, 0.5) is 0 Å². The average Bonchev–Trinajstić information content (AvgIpc) is 2.25. The predicted octanol–water partition coefficient (Wildman–Crippen LogP) is 2.25. The van der Waals surface area contributed by atoms with Gasteiger partial charge in [-0.25, -0.2) is 9.97 Å². The summed E-state index contributed by atoms with van der Waals surface area (Å²) in [6.45, 7) is -5.19. The molecule has 0 aliphatic rings. The average molecular weight is 164 g/mol. The van der Waals surface area contributed by atoms with Gasteiger partial charge in [-0.05, 0) is 25.8 Å². The Labute approximate surface area is 79.7 Å². The van der Waals surface area contributed by atoms with Gasteiger partial charge in [0.2, 0.25) is 0 Å². The third kappa shape index (κ3) is 1.05.